The van der Waals surface area contributed by atoms with E-state index < -0.39 is 8.40 Å². The fourth-order valence-electron chi connectivity index (χ4n) is 4.37. The van der Waals surface area contributed by atoms with Gasteiger partial charge in [-0.15, -0.1) is 0 Å². The van der Waals surface area contributed by atoms with Gasteiger partial charge in [-0.1, -0.05) is 66.7 Å². The molecular weight excluding hydrogens is 364 g/mol. The van der Waals surface area contributed by atoms with Crippen molar-refractivity contribution >= 4 is 19.7 Å². The standard InChI is InChI=1S/C23H30N2O2Si/c1-28(24-12-16-26-17-13-24,25-14-18-27-19-15-25)23(22-10-6-3-7-11-22)20-21-8-4-2-5-9-21/h2-11,20H,12-19H2,1H3. The van der Waals surface area contributed by atoms with E-state index in [1.165, 1.54) is 16.3 Å². The number of morpholine rings is 2. The Bertz CT molecular complexity index is 752. The summed E-state index contributed by atoms with van der Waals surface area (Å²) in [5.41, 5.74) is 2.60. The van der Waals surface area contributed by atoms with E-state index in [-0.39, 0.29) is 0 Å². The van der Waals surface area contributed by atoms with Gasteiger partial charge >= 0.3 is 0 Å². The molecule has 0 atom stereocenters. The van der Waals surface area contributed by atoms with Crippen LogP contribution in [-0.4, -0.2) is 70.1 Å². The molecule has 2 saturated heterocycles. The first-order chi connectivity index (χ1) is 13.8. The topological polar surface area (TPSA) is 24.9 Å². The highest BCUT2D eigenvalue weighted by Gasteiger charge is 2.46. The molecule has 2 aliphatic heterocycles. The van der Waals surface area contributed by atoms with Gasteiger partial charge in [0.15, 0.2) is 0 Å². The minimum Gasteiger partial charge on any atom is -0.379 e. The lowest BCUT2D eigenvalue weighted by Crippen LogP contribution is -2.68. The summed E-state index contributed by atoms with van der Waals surface area (Å²) in [6.45, 7) is 9.79. The molecule has 0 radical (unpaired) electrons. The highest BCUT2D eigenvalue weighted by atomic mass is 28.3. The molecule has 0 unspecified atom stereocenters. The summed E-state index contributed by atoms with van der Waals surface area (Å²) in [5.74, 6) is 0. The molecule has 148 valence electrons. The van der Waals surface area contributed by atoms with Crippen LogP contribution >= 0.6 is 0 Å². The van der Waals surface area contributed by atoms with Crippen molar-refractivity contribution in [2.45, 2.75) is 6.55 Å². The number of nitrogens with zero attached hydrogens (tertiary/aromatic N) is 2. The smallest absolute Gasteiger partial charge is 0.237 e. The summed E-state index contributed by atoms with van der Waals surface area (Å²) in [4.78, 5) is 0. The third-order valence-electron chi connectivity index (χ3n) is 5.96. The average Bonchev–Trinajstić information content (AvgIpc) is 2.79. The SMILES string of the molecule is C[Si](C(=Cc1ccccc1)c1ccccc1)(N1CCOCC1)N1CCOCC1. The van der Waals surface area contributed by atoms with Gasteiger partial charge in [0.05, 0.1) is 26.4 Å². The first-order valence-electron chi connectivity index (χ1n) is 10.3. The zero-order chi connectivity index (χ0) is 19.2. The van der Waals surface area contributed by atoms with Crippen LogP contribution in [0.15, 0.2) is 60.7 Å². The van der Waals surface area contributed by atoms with Crippen LogP contribution in [0, 0.1) is 0 Å². The second kappa shape index (κ2) is 9.16. The average molecular weight is 395 g/mol. The first kappa shape index (κ1) is 19.5. The van der Waals surface area contributed by atoms with Gasteiger partial charge in [-0.2, -0.15) is 0 Å². The Morgan fingerprint density at radius 3 is 1.71 bits per heavy atom. The number of hydrogen-bond acceptors (Lipinski definition) is 4. The van der Waals surface area contributed by atoms with E-state index in [0.717, 1.165) is 52.6 Å². The third kappa shape index (κ3) is 4.14. The second-order valence-electron chi connectivity index (χ2n) is 7.55. The van der Waals surface area contributed by atoms with E-state index in [1.54, 1.807) is 0 Å². The number of rotatable bonds is 5. The highest BCUT2D eigenvalue weighted by Crippen LogP contribution is 2.34. The van der Waals surface area contributed by atoms with Gasteiger partial charge in [0.1, 0.15) is 0 Å². The van der Waals surface area contributed by atoms with Crippen LogP contribution in [0.2, 0.25) is 6.55 Å². The Kier molecular flexibility index (Phi) is 6.39. The summed E-state index contributed by atoms with van der Waals surface area (Å²) < 4.78 is 16.9. The summed E-state index contributed by atoms with van der Waals surface area (Å²) >= 11 is 0. The summed E-state index contributed by atoms with van der Waals surface area (Å²) in [6, 6.07) is 21.7. The normalized spacial score (nSPS) is 20.2. The van der Waals surface area contributed by atoms with Crippen molar-refractivity contribution in [1.29, 1.82) is 0 Å². The molecule has 4 rings (SSSR count). The summed E-state index contributed by atoms with van der Waals surface area (Å²) in [6.07, 6.45) is 2.42. The lowest BCUT2D eigenvalue weighted by molar-refractivity contribution is 0.0466. The Labute approximate surface area is 169 Å². The molecule has 5 heteroatoms. The maximum Gasteiger partial charge on any atom is 0.237 e. The minimum atomic E-state index is -2.13. The Hall–Kier alpha value is -1.76. The van der Waals surface area contributed by atoms with Crippen molar-refractivity contribution in [2.24, 2.45) is 0 Å². The van der Waals surface area contributed by atoms with Crippen LogP contribution in [-0.2, 0) is 9.47 Å². The van der Waals surface area contributed by atoms with Crippen LogP contribution < -0.4 is 0 Å². The van der Waals surface area contributed by atoms with Crippen molar-refractivity contribution in [3.8, 4) is 0 Å². The Balaban J connectivity index is 1.84. The molecule has 2 aromatic carbocycles. The number of ether oxygens (including phenoxy) is 2. The first-order valence-corrected chi connectivity index (χ1v) is 12.7. The molecule has 0 N–H and O–H groups in total. The molecule has 2 aromatic rings. The molecule has 2 heterocycles. The fourth-order valence-corrected chi connectivity index (χ4v) is 8.71. The van der Waals surface area contributed by atoms with Crippen LogP contribution in [0.25, 0.3) is 11.3 Å². The lowest BCUT2D eigenvalue weighted by atomic mass is 10.1. The number of benzene rings is 2. The Morgan fingerprint density at radius 1 is 0.750 bits per heavy atom. The third-order valence-corrected chi connectivity index (χ3v) is 10.8. The van der Waals surface area contributed by atoms with E-state index in [4.69, 9.17) is 9.47 Å². The van der Waals surface area contributed by atoms with Crippen molar-refractivity contribution in [3.05, 3.63) is 71.8 Å². The fraction of sp³-hybridized carbons (Fsp3) is 0.391. The zero-order valence-corrected chi connectivity index (χ0v) is 17.7. The molecule has 0 aliphatic carbocycles. The highest BCUT2D eigenvalue weighted by molar-refractivity contribution is 6.92. The van der Waals surface area contributed by atoms with Gasteiger partial charge in [0, 0.05) is 26.2 Å². The van der Waals surface area contributed by atoms with Gasteiger partial charge in [-0.25, -0.2) is 0 Å². The molecule has 0 amide bonds. The molecule has 2 fully saturated rings. The van der Waals surface area contributed by atoms with Crippen molar-refractivity contribution in [3.63, 3.8) is 0 Å². The molecule has 28 heavy (non-hydrogen) atoms. The molecule has 0 aromatic heterocycles. The van der Waals surface area contributed by atoms with Crippen LogP contribution in [0.5, 0.6) is 0 Å². The van der Waals surface area contributed by atoms with Crippen LogP contribution in [0.3, 0.4) is 0 Å². The molecule has 2 aliphatic rings. The van der Waals surface area contributed by atoms with E-state index in [0.29, 0.717) is 0 Å². The monoisotopic (exact) mass is 394 g/mol. The largest absolute Gasteiger partial charge is 0.379 e. The molecule has 0 saturated carbocycles. The number of hydrogen-bond donors (Lipinski definition) is 0. The molecular formula is C23H30N2O2Si. The van der Waals surface area contributed by atoms with E-state index >= 15 is 0 Å². The van der Waals surface area contributed by atoms with Crippen LogP contribution in [0.1, 0.15) is 11.1 Å². The van der Waals surface area contributed by atoms with E-state index in [9.17, 15) is 0 Å². The van der Waals surface area contributed by atoms with Crippen molar-refractivity contribution in [2.75, 3.05) is 52.6 Å². The van der Waals surface area contributed by atoms with Crippen molar-refractivity contribution in [1.82, 2.24) is 9.13 Å². The maximum atomic E-state index is 5.70. The van der Waals surface area contributed by atoms with Gasteiger partial charge < -0.3 is 18.6 Å². The van der Waals surface area contributed by atoms with Gasteiger partial charge in [-0.3, -0.25) is 0 Å². The van der Waals surface area contributed by atoms with Crippen molar-refractivity contribution < 1.29 is 9.47 Å². The van der Waals surface area contributed by atoms with E-state index in [1.807, 2.05) is 0 Å². The van der Waals surface area contributed by atoms with Crippen LogP contribution in [0.4, 0.5) is 0 Å². The molecule has 0 spiro atoms. The zero-order valence-electron chi connectivity index (χ0n) is 16.7. The quantitative estimate of drug-likeness (QED) is 0.572. The molecule has 0 bridgehead atoms. The maximum absolute atomic E-state index is 5.70. The second-order valence-corrected chi connectivity index (χ2v) is 11.4. The van der Waals surface area contributed by atoms with E-state index in [2.05, 4.69) is 82.4 Å². The summed E-state index contributed by atoms with van der Waals surface area (Å²) in [7, 11) is -2.13. The predicted molar refractivity (Wildman–Crippen MR) is 117 cm³/mol. The lowest BCUT2D eigenvalue weighted by Gasteiger charge is -2.50. The van der Waals surface area contributed by atoms with Gasteiger partial charge in [0.25, 0.3) is 0 Å². The van der Waals surface area contributed by atoms with Gasteiger partial charge in [-0.05, 0) is 22.9 Å². The molecule has 4 nitrogen and oxygen atoms in total. The minimum absolute atomic E-state index is 0.820. The van der Waals surface area contributed by atoms with Gasteiger partial charge in [0.2, 0.25) is 8.40 Å². The Morgan fingerprint density at radius 2 is 1.21 bits per heavy atom. The predicted octanol–water partition coefficient (Wildman–Crippen LogP) is 3.50. The summed E-state index contributed by atoms with van der Waals surface area (Å²) in [5, 5.41) is 1.48.